The van der Waals surface area contributed by atoms with Crippen LogP contribution in [0.15, 0.2) is 91.0 Å². The zero-order valence-corrected chi connectivity index (χ0v) is 18.2. The van der Waals surface area contributed by atoms with Crippen LogP contribution in [0.3, 0.4) is 0 Å². The molecule has 0 unspecified atom stereocenters. The lowest BCUT2D eigenvalue weighted by Crippen LogP contribution is -1.85. The topological polar surface area (TPSA) is 0 Å². The Labute approximate surface area is 180 Å². The molecule has 0 N–H and O–H groups in total. The predicted octanol–water partition coefficient (Wildman–Crippen LogP) is 9.09. The van der Waals surface area contributed by atoms with Crippen LogP contribution in [0.1, 0.15) is 25.3 Å². The second-order valence-electron chi connectivity index (χ2n) is 7.67. The maximum atomic E-state index is 2.34. The highest BCUT2D eigenvalue weighted by atomic mass is 32.1. The van der Waals surface area contributed by atoms with E-state index in [-0.39, 0.29) is 0 Å². The first kappa shape index (κ1) is 18.4. The molecular formula is C27H22S2. The van der Waals surface area contributed by atoms with Crippen molar-refractivity contribution in [1.29, 1.82) is 0 Å². The Bertz CT molecular complexity index is 1210. The molecule has 0 amide bonds. The highest BCUT2D eigenvalue weighted by molar-refractivity contribution is 7.31. The molecule has 0 aliphatic rings. The highest BCUT2D eigenvalue weighted by Gasteiger charge is 2.10. The van der Waals surface area contributed by atoms with Crippen molar-refractivity contribution in [3.63, 3.8) is 0 Å². The van der Waals surface area contributed by atoms with Gasteiger partial charge in [0.15, 0.2) is 0 Å². The number of thiophene rings is 2. The maximum Gasteiger partial charge on any atom is 0.0463 e. The zero-order valence-electron chi connectivity index (χ0n) is 16.6. The van der Waals surface area contributed by atoms with E-state index in [2.05, 4.69) is 105 Å². The van der Waals surface area contributed by atoms with Gasteiger partial charge in [-0.3, -0.25) is 0 Å². The summed E-state index contributed by atoms with van der Waals surface area (Å²) in [6.45, 7) is 4.48. The summed E-state index contributed by atoms with van der Waals surface area (Å²) >= 11 is 3.78. The molecule has 0 spiro atoms. The highest BCUT2D eigenvalue weighted by Crippen LogP contribution is 2.42. The van der Waals surface area contributed by atoms with Crippen molar-refractivity contribution in [3.8, 4) is 32.0 Å². The van der Waals surface area contributed by atoms with Crippen molar-refractivity contribution in [2.75, 3.05) is 0 Å². The molecule has 5 rings (SSSR count). The van der Waals surface area contributed by atoms with Crippen LogP contribution in [-0.4, -0.2) is 0 Å². The Morgan fingerprint density at radius 1 is 0.517 bits per heavy atom. The number of hydrogen-bond donors (Lipinski definition) is 0. The van der Waals surface area contributed by atoms with Crippen LogP contribution in [0.4, 0.5) is 0 Å². The van der Waals surface area contributed by atoms with E-state index in [0.717, 1.165) is 0 Å². The van der Waals surface area contributed by atoms with E-state index in [4.69, 9.17) is 0 Å². The number of rotatable bonds is 4. The molecule has 0 saturated carbocycles. The zero-order chi connectivity index (χ0) is 19.8. The minimum Gasteiger partial charge on any atom is -0.134 e. The van der Waals surface area contributed by atoms with Gasteiger partial charge < -0.3 is 0 Å². The fourth-order valence-corrected chi connectivity index (χ4v) is 6.02. The van der Waals surface area contributed by atoms with E-state index in [9.17, 15) is 0 Å². The minimum atomic E-state index is 0.576. The van der Waals surface area contributed by atoms with Crippen molar-refractivity contribution in [3.05, 3.63) is 96.6 Å². The standard InChI is InChI=1S/C27H22S2/c1-18(2)19-8-12-22(13-9-19)24-16-26-27(28-24)17-25(29-26)23-14-10-21(11-15-23)20-6-4-3-5-7-20/h3-18H,1-2H3. The van der Waals surface area contributed by atoms with Gasteiger partial charge in [-0.15, -0.1) is 22.7 Å². The Balaban J connectivity index is 1.42. The lowest BCUT2D eigenvalue weighted by Gasteiger charge is -2.05. The Morgan fingerprint density at radius 3 is 1.48 bits per heavy atom. The Hall–Kier alpha value is -2.68. The third-order valence-corrected chi connectivity index (χ3v) is 7.74. The average Bonchev–Trinajstić information content (AvgIpc) is 3.34. The van der Waals surface area contributed by atoms with Crippen LogP contribution in [0.25, 0.3) is 41.4 Å². The molecule has 2 heterocycles. The summed E-state index contributed by atoms with van der Waals surface area (Å²) < 4.78 is 2.75. The van der Waals surface area contributed by atoms with Gasteiger partial charge in [0.1, 0.15) is 0 Å². The van der Waals surface area contributed by atoms with Crippen LogP contribution in [-0.2, 0) is 0 Å². The lowest BCUT2D eigenvalue weighted by molar-refractivity contribution is 0.867. The SMILES string of the molecule is CC(C)c1ccc(-c2cc3sc(-c4ccc(-c5ccccc5)cc4)cc3s2)cc1. The van der Waals surface area contributed by atoms with E-state index < -0.39 is 0 Å². The molecular weight excluding hydrogens is 388 g/mol. The van der Waals surface area contributed by atoms with Gasteiger partial charge in [0.25, 0.3) is 0 Å². The molecule has 0 radical (unpaired) electrons. The van der Waals surface area contributed by atoms with E-state index in [0.29, 0.717) is 5.92 Å². The quantitative estimate of drug-likeness (QED) is 0.277. The summed E-state index contributed by atoms with van der Waals surface area (Å²) in [6.07, 6.45) is 0. The number of fused-ring (bicyclic) bond motifs is 1. The molecule has 2 aromatic heterocycles. The van der Waals surface area contributed by atoms with Gasteiger partial charge in [-0.1, -0.05) is 92.7 Å². The number of hydrogen-bond acceptors (Lipinski definition) is 2. The van der Waals surface area contributed by atoms with E-state index in [1.807, 2.05) is 22.7 Å². The molecule has 3 aromatic carbocycles. The van der Waals surface area contributed by atoms with Crippen molar-refractivity contribution in [2.24, 2.45) is 0 Å². The summed E-state index contributed by atoms with van der Waals surface area (Å²) in [5.74, 6) is 0.576. The average molecular weight is 411 g/mol. The second kappa shape index (κ2) is 7.62. The molecule has 2 heteroatoms. The molecule has 0 fully saturated rings. The van der Waals surface area contributed by atoms with Crippen molar-refractivity contribution in [1.82, 2.24) is 0 Å². The summed E-state index contributed by atoms with van der Waals surface area (Å²) in [6, 6.07) is 33.2. The van der Waals surface area contributed by atoms with E-state index >= 15 is 0 Å². The van der Waals surface area contributed by atoms with Crippen LogP contribution in [0.2, 0.25) is 0 Å². The monoisotopic (exact) mass is 410 g/mol. The third-order valence-electron chi connectivity index (χ3n) is 5.35. The van der Waals surface area contributed by atoms with E-state index in [1.165, 1.54) is 47.0 Å². The van der Waals surface area contributed by atoms with Gasteiger partial charge in [-0.05, 0) is 45.9 Å². The van der Waals surface area contributed by atoms with Crippen LogP contribution in [0, 0.1) is 0 Å². The van der Waals surface area contributed by atoms with Gasteiger partial charge in [-0.2, -0.15) is 0 Å². The maximum absolute atomic E-state index is 2.34. The first-order valence-electron chi connectivity index (χ1n) is 9.97. The van der Waals surface area contributed by atoms with Gasteiger partial charge in [0, 0.05) is 19.2 Å². The molecule has 0 saturated heterocycles. The first-order valence-corrected chi connectivity index (χ1v) is 11.6. The Kier molecular flexibility index (Phi) is 4.83. The van der Waals surface area contributed by atoms with Crippen molar-refractivity contribution in [2.45, 2.75) is 19.8 Å². The largest absolute Gasteiger partial charge is 0.134 e. The lowest BCUT2D eigenvalue weighted by atomic mass is 10.0. The smallest absolute Gasteiger partial charge is 0.0463 e. The normalized spacial score (nSPS) is 11.4. The molecule has 0 atom stereocenters. The van der Waals surface area contributed by atoms with Gasteiger partial charge in [0.2, 0.25) is 0 Å². The summed E-state index contributed by atoms with van der Waals surface area (Å²) in [5, 5.41) is 0. The van der Waals surface area contributed by atoms with E-state index in [1.54, 1.807) is 0 Å². The first-order chi connectivity index (χ1) is 14.2. The molecule has 0 aliphatic carbocycles. The predicted molar refractivity (Wildman–Crippen MR) is 130 cm³/mol. The molecule has 0 aliphatic heterocycles. The van der Waals surface area contributed by atoms with Crippen LogP contribution < -0.4 is 0 Å². The molecule has 0 nitrogen and oxygen atoms in total. The van der Waals surface area contributed by atoms with Crippen molar-refractivity contribution < 1.29 is 0 Å². The minimum absolute atomic E-state index is 0.576. The second-order valence-corrected chi connectivity index (χ2v) is 9.84. The summed E-state index contributed by atoms with van der Waals surface area (Å²) in [7, 11) is 0. The fraction of sp³-hybridized carbons (Fsp3) is 0.111. The van der Waals surface area contributed by atoms with Crippen LogP contribution in [0.5, 0.6) is 0 Å². The summed E-state index contributed by atoms with van der Waals surface area (Å²) in [5.41, 5.74) is 6.53. The summed E-state index contributed by atoms with van der Waals surface area (Å²) in [4.78, 5) is 2.69. The molecule has 5 aromatic rings. The Morgan fingerprint density at radius 2 is 0.966 bits per heavy atom. The van der Waals surface area contributed by atoms with Crippen LogP contribution >= 0.6 is 22.7 Å². The van der Waals surface area contributed by atoms with Gasteiger partial charge in [-0.25, -0.2) is 0 Å². The fourth-order valence-electron chi connectivity index (χ4n) is 3.61. The molecule has 142 valence electrons. The third kappa shape index (κ3) is 3.66. The number of benzene rings is 3. The van der Waals surface area contributed by atoms with Gasteiger partial charge >= 0.3 is 0 Å². The molecule has 29 heavy (non-hydrogen) atoms. The van der Waals surface area contributed by atoms with Gasteiger partial charge in [0.05, 0.1) is 0 Å². The van der Waals surface area contributed by atoms with Crippen molar-refractivity contribution >= 4 is 32.1 Å². The molecule has 0 bridgehead atoms.